The Balaban J connectivity index is 1.73. The van der Waals surface area contributed by atoms with Crippen molar-refractivity contribution in [3.8, 4) is 0 Å². The monoisotopic (exact) mass is 278 g/mol. The molecule has 1 fully saturated rings. The van der Waals surface area contributed by atoms with Gasteiger partial charge in [-0.05, 0) is 38.7 Å². The Bertz CT molecular complexity index is 461. The van der Waals surface area contributed by atoms with Crippen LogP contribution >= 0.6 is 0 Å². The van der Waals surface area contributed by atoms with Gasteiger partial charge in [-0.1, -0.05) is 19.3 Å². The molecule has 20 heavy (non-hydrogen) atoms. The van der Waals surface area contributed by atoms with Crippen LogP contribution in [0.15, 0.2) is 0 Å². The summed E-state index contributed by atoms with van der Waals surface area (Å²) in [6.07, 6.45) is 6.85. The van der Waals surface area contributed by atoms with E-state index >= 15 is 0 Å². The highest BCUT2D eigenvalue weighted by molar-refractivity contribution is 5.74. The minimum Gasteiger partial charge on any atom is -0.338 e. The van der Waals surface area contributed by atoms with E-state index in [2.05, 4.69) is 22.7 Å². The second-order valence-electron chi connectivity index (χ2n) is 5.76. The highest BCUT2D eigenvalue weighted by atomic mass is 16.2. The topological polar surface area (TPSA) is 59.0 Å². The van der Waals surface area contributed by atoms with Gasteiger partial charge in [-0.15, -0.1) is 0 Å². The predicted octanol–water partition coefficient (Wildman–Crippen LogP) is 2.21. The van der Waals surface area contributed by atoms with Crippen molar-refractivity contribution in [2.24, 2.45) is 7.05 Å². The lowest BCUT2D eigenvalue weighted by Crippen LogP contribution is -2.43. The number of nitrogens with one attached hydrogen (secondary N) is 2. The fourth-order valence-electron chi connectivity index (χ4n) is 2.96. The maximum atomic E-state index is 11.8. The molecule has 1 aliphatic rings. The van der Waals surface area contributed by atoms with Crippen molar-refractivity contribution in [3.05, 3.63) is 17.0 Å². The summed E-state index contributed by atoms with van der Waals surface area (Å²) in [5, 5.41) is 10.4. The molecule has 1 aromatic heterocycles. The van der Waals surface area contributed by atoms with Gasteiger partial charge in [-0.3, -0.25) is 4.68 Å². The molecule has 2 N–H and O–H groups in total. The summed E-state index contributed by atoms with van der Waals surface area (Å²) in [5.41, 5.74) is 3.47. The number of aryl methyl sites for hydroxylation is 2. The minimum absolute atomic E-state index is 0.0314. The van der Waals surface area contributed by atoms with Gasteiger partial charge < -0.3 is 10.6 Å². The van der Waals surface area contributed by atoms with E-state index < -0.39 is 0 Å². The number of carbonyl (C=O) groups excluding carboxylic acids is 1. The van der Waals surface area contributed by atoms with Gasteiger partial charge in [0.1, 0.15) is 0 Å². The third kappa shape index (κ3) is 3.74. The molecule has 1 aliphatic carbocycles. The molecule has 2 rings (SSSR count). The molecule has 0 saturated heterocycles. The quantitative estimate of drug-likeness (QED) is 0.887. The molecule has 0 radical (unpaired) electrons. The van der Waals surface area contributed by atoms with Crippen LogP contribution in [0.2, 0.25) is 0 Å². The van der Waals surface area contributed by atoms with Gasteiger partial charge in [0.05, 0.1) is 5.69 Å². The van der Waals surface area contributed by atoms with Gasteiger partial charge in [0.2, 0.25) is 0 Å². The van der Waals surface area contributed by atoms with Crippen LogP contribution < -0.4 is 10.6 Å². The highest BCUT2D eigenvalue weighted by Gasteiger charge is 2.15. The van der Waals surface area contributed by atoms with Crippen molar-refractivity contribution in [2.75, 3.05) is 6.54 Å². The summed E-state index contributed by atoms with van der Waals surface area (Å²) in [7, 11) is 1.95. The number of amides is 2. The van der Waals surface area contributed by atoms with Crippen LogP contribution in [0, 0.1) is 13.8 Å². The summed E-state index contributed by atoms with van der Waals surface area (Å²) in [4.78, 5) is 11.8. The summed E-state index contributed by atoms with van der Waals surface area (Å²) < 4.78 is 1.90. The Kier molecular flexibility index (Phi) is 5.04. The first-order valence-electron chi connectivity index (χ1n) is 7.61. The van der Waals surface area contributed by atoms with Crippen molar-refractivity contribution < 1.29 is 4.79 Å². The molecule has 0 aliphatic heterocycles. The van der Waals surface area contributed by atoms with Gasteiger partial charge in [0.15, 0.2) is 0 Å². The average molecular weight is 278 g/mol. The van der Waals surface area contributed by atoms with Gasteiger partial charge in [0, 0.05) is 25.3 Å². The van der Waals surface area contributed by atoms with Crippen LogP contribution in [-0.4, -0.2) is 28.4 Å². The van der Waals surface area contributed by atoms with Crippen LogP contribution in [0.5, 0.6) is 0 Å². The van der Waals surface area contributed by atoms with Crippen molar-refractivity contribution in [1.29, 1.82) is 0 Å². The van der Waals surface area contributed by atoms with Crippen LogP contribution in [0.1, 0.15) is 49.1 Å². The lowest BCUT2D eigenvalue weighted by atomic mass is 9.96. The lowest BCUT2D eigenvalue weighted by molar-refractivity contribution is 0.233. The molecule has 5 heteroatoms. The van der Waals surface area contributed by atoms with Crippen LogP contribution in [-0.2, 0) is 13.5 Å². The number of urea groups is 1. The number of aromatic nitrogens is 2. The maximum absolute atomic E-state index is 11.8. The second kappa shape index (κ2) is 6.77. The van der Waals surface area contributed by atoms with Gasteiger partial charge in [-0.2, -0.15) is 5.10 Å². The zero-order valence-electron chi connectivity index (χ0n) is 12.8. The Morgan fingerprint density at radius 2 is 2.00 bits per heavy atom. The second-order valence-corrected chi connectivity index (χ2v) is 5.76. The highest BCUT2D eigenvalue weighted by Crippen LogP contribution is 2.17. The molecule has 2 amide bonds. The number of nitrogens with zero attached hydrogens (tertiary/aromatic N) is 2. The average Bonchev–Trinajstić information content (AvgIpc) is 2.66. The third-order valence-electron chi connectivity index (χ3n) is 4.26. The summed E-state index contributed by atoms with van der Waals surface area (Å²) >= 11 is 0. The van der Waals surface area contributed by atoms with E-state index in [0.717, 1.165) is 25.0 Å². The van der Waals surface area contributed by atoms with Crippen molar-refractivity contribution in [2.45, 2.75) is 58.4 Å². The van der Waals surface area contributed by atoms with E-state index in [-0.39, 0.29) is 6.03 Å². The van der Waals surface area contributed by atoms with E-state index in [1.165, 1.54) is 30.5 Å². The molecule has 0 aromatic carbocycles. The first-order chi connectivity index (χ1) is 9.58. The molecular formula is C15H26N4O. The zero-order chi connectivity index (χ0) is 14.5. The summed E-state index contributed by atoms with van der Waals surface area (Å²) in [5.74, 6) is 0. The maximum Gasteiger partial charge on any atom is 0.315 e. The van der Waals surface area contributed by atoms with Gasteiger partial charge in [0.25, 0.3) is 0 Å². The Labute approximate surface area is 121 Å². The minimum atomic E-state index is -0.0314. The van der Waals surface area contributed by atoms with Gasteiger partial charge >= 0.3 is 6.03 Å². The fourth-order valence-corrected chi connectivity index (χ4v) is 2.96. The lowest BCUT2D eigenvalue weighted by Gasteiger charge is -2.22. The molecule has 1 heterocycles. The summed E-state index contributed by atoms with van der Waals surface area (Å²) in [6.45, 7) is 4.74. The molecule has 0 unspecified atom stereocenters. The number of rotatable bonds is 4. The normalized spacial score (nSPS) is 16.1. The van der Waals surface area contributed by atoms with Crippen LogP contribution in [0.25, 0.3) is 0 Å². The van der Waals surface area contributed by atoms with Crippen molar-refractivity contribution >= 4 is 6.03 Å². The first kappa shape index (κ1) is 14.9. The first-order valence-corrected chi connectivity index (χ1v) is 7.61. The van der Waals surface area contributed by atoms with E-state index in [9.17, 15) is 4.79 Å². The largest absolute Gasteiger partial charge is 0.338 e. The molecular weight excluding hydrogens is 252 g/mol. The smallest absolute Gasteiger partial charge is 0.315 e. The SMILES string of the molecule is Cc1nn(C)c(C)c1CCNC(=O)NC1CCCCC1. The Morgan fingerprint density at radius 1 is 1.30 bits per heavy atom. The van der Waals surface area contributed by atoms with Crippen molar-refractivity contribution in [3.63, 3.8) is 0 Å². The Hall–Kier alpha value is -1.52. The predicted molar refractivity (Wildman–Crippen MR) is 79.8 cm³/mol. The third-order valence-corrected chi connectivity index (χ3v) is 4.26. The van der Waals surface area contributed by atoms with E-state index in [0.29, 0.717) is 12.6 Å². The molecule has 5 nitrogen and oxygen atoms in total. The molecule has 1 aromatic rings. The van der Waals surface area contributed by atoms with Gasteiger partial charge in [-0.25, -0.2) is 4.79 Å². The number of carbonyl (C=O) groups is 1. The fraction of sp³-hybridized carbons (Fsp3) is 0.733. The molecule has 112 valence electrons. The van der Waals surface area contributed by atoms with E-state index in [1.54, 1.807) is 0 Å². The van der Waals surface area contributed by atoms with E-state index in [4.69, 9.17) is 0 Å². The number of hydrogen-bond acceptors (Lipinski definition) is 2. The Morgan fingerprint density at radius 3 is 2.60 bits per heavy atom. The number of hydrogen-bond donors (Lipinski definition) is 2. The van der Waals surface area contributed by atoms with E-state index in [1.807, 2.05) is 18.7 Å². The molecule has 0 atom stereocenters. The standard InChI is InChI=1S/C15H26N4O/c1-11-14(12(2)19(3)18-11)9-10-16-15(20)17-13-7-5-4-6-8-13/h13H,4-10H2,1-3H3,(H2,16,17,20). The van der Waals surface area contributed by atoms with Crippen LogP contribution in [0.4, 0.5) is 4.79 Å². The van der Waals surface area contributed by atoms with Crippen LogP contribution in [0.3, 0.4) is 0 Å². The molecule has 1 saturated carbocycles. The molecule has 0 bridgehead atoms. The summed E-state index contributed by atoms with van der Waals surface area (Å²) in [6, 6.07) is 0.335. The zero-order valence-corrected chi connectivity index (χ0v) is 12.8. The van der Waals surface area contributed by atoms with Crippen molar-refractivity contribution in [1.82, 2.24) is 20.4 Å². The molecule has 0 spiro atoms.